The zero-order chi connectivity index (χ0) is 34.2. The number of fused-ring (bicyclic) bond motifs is 7. The smallest absolute Gasteiger partial charge is 0.339 e. The monoisotopic (exact) mass is 636 g/mol. The Kier molecular flexibility index (Phi) is 5.87. The van der Waals surface area contributed by atoms with E-state index >= 15 is 0 Å². The number of phenols is 4. The van der Waals surface area contributed by atoms with Crippen LogP contribution in [0.2, 0.25) is 0 Å². The normalized spacial score (nSPS) is 20.4. The summed E-state index contributed by atoms with van der Waals surface area (Å²) in [6.45, 7) is 5.84. The molecule has 47 heavy (non-hydrogen) atoms. The Balaban J connectivity index is 1.69. The van der Waals surface area contributed by atoms with Crippen LogP contribution in [0.15, 0.2) is 30.3 Å². The summed E-state index contributed by atoms with van der Waals surface area (Å²) in [5.74, 6) is -6.51. The van der Waals surface area contributed by atoms with Crippen LogP contribution in [0, 0.1) is 27.7 Å². The van der Waals surface area contributed by atoms with E-state index in [1.54, 1.807) is 25.1 Å². The number of aliphatic hydroxyl groups is 1. The van der Waals surface area contributed by atoms with Gasteiger partial charge >= 0.3 is 11.9 Å². The van der Waals surface area contributed by atoms with Crippen molar-refractivity contribution >= 4 is 23.5 Å². The van der Waals surface area contributed by atoms with E-state index in [1.807, 2.05) is 0 Å². The highest BCUT2D eigenvalue weighted by molar-refractivity contribution is 6.19. The van der Waals surface area contributed by atoms with Gasteiger partial charge in [0.1, 0.15) is 39.7 Å². The fourth-order valence-corrected chi connectivity index (χ4v) is 8.32. The molecule has 3 aliphatic rings. The lowest BCUT2D eigenvalue weighted by atomic mass is 9.51. The largest absolute Gasteiger partial charge is 0.507 e. The molecule has 0 saturated heterocycles. The van der Waals surface area contributed by atoms with Crippen molar-refractivity contribution in [2.24, 2.45) is 0 Å². The minimum atomic E-state index is -2.06. The zero-order valence-electron chi connectivity index (χ0n) is 25.6. The van der Waals surface area contributed by atoms with E-state index in [1.165, 1.54) is 26.8 Å². The van der Waals surface area contributed by atoms with E-state index in [9.17, 15) is 54.9 Å². The predicted molar refractivity (Wildman–Crippen MR) is 164 cm³/mol. The molecule has 0 aliphatic heterocycles. The van der Waals surface area contributed by atoms with Crippen molar-refractivity contribution in [1.82, 2.24) is 0 Å². The Bertz CT molecular complexity index is 2250. The third-order valence-electron chi connectivity index (χ3n) is 10.4. The number of aromatic carboxylic acids is 2. The quantitative estimate of drug-likeness (QED) is 0.162. The van der Waals surface area contributed by atoms with Crippen LogP contribution in [-0.2, 0) is 11.0 Å². The van der Waals surface area contributed by atoms with E-state index < -0.39 is 62.9 Å². The van der Waals surface area contributed by atoms with Gasteiger partial charge in [-0.05, 0) is 91.6 Å². The van der Waals surface area contributed by atoms with Crippen molar-refractivity contribution in [3.63, 3.8) is 0 Å². The Morgan fingerprint density at radius 1 is 0.617 bits per heavy atom. The maximum absolute atomic E-state index is 14.4. The summed E-state index contributed by atoms with van der Waals surface area (Å²) < 4.78 is 0. The molecule has 0 fully saturated rings. The SMILES string of the molecule is Cc1ccc2c(c1O)C(=O)c1c(cc(O)c(C(=O)O)c1C)[C@]21CCC2(O)c3cc(O)c(C(=O)O)c(C)c3C(=O)c3c(O)c(C)cc1c32. The molecule has 0 bridgehead atoms. The Labute approximate surface area is 266 Å². The van der Waals surface area contributed by atoms with Gasteiger partial charge in [0.2, 0.25) is 0 Å². The van der Waals surface area contributed by atoms with E-state index in [0.717, 1.165) is 6.07 Å². The lowest BCUT2D eigenvalue weighted by Crippen LogP contribution is -2.49. The molecular weight excluding hydrogens is 608 g/mol. The number of aromatic hydroxyl groups is 4. The van der Waals surface area contributed by atoms with Gasteiger partial charge in [0, 0.05) is 27.7 Å². The van der Waals surface area contributed by atoms with Gasteiger partial charge in [-0.3, -0.25) is 9.59 Å². The van der Waals surface area contributed by atoms with Gasteiger partial charge in [0.15, 0.2) is 11.6 Å². The number of phenolic OH excluding ortho intramolecular Hbond substituents is 2. The molecule has 7 rings (SSSR count). The van der Waals surface area contributed by atoms with Crippen molar-refractivity contribution in [3.05, 3.63) is 114 Å². The van der Waals surface area contributed by atoms with Gasteiger partial charge in [-0.15, -0.1) is 0 Å². The Morgan fingerprint density at radius 3 is 1.70 bits per heavy atom. The maximum Gasteiger partial charge on any atom is 0.339 e. The molecule has 0 saturated carbocycles. The summed E-state index contributed by atoms with van der Waals surface area (Å²) in [4.78, 5) is 52.9. The number of carbonyl (C=O) groups excluding carboxylic acids is 2. The van der Waals surface area contributed by atoms with Crippen LogP contribution in [0.5, 0.6) is 23.0 Å². The van der Waals surface area contributed by atoms with Crippen LogP contribution in [0.1, 0.15) is 115 Å². The van der Waals surface area contributed by atoms with Crippen LogP contribution in [-0.4, -0.2) is 59.3 Å². The van der Waals surface area contributed by atoms with E-state index in [-0.39, 0.29) is 85.4 Å². The molecule has 11 heteroatoms. The summed E-state index contributed by atoms with van der Waals surface area (Å²) in [6.07, 6.45) is -0.237. The maximum atomic E-state index is 14.4. The van der Waals surface area contributed by atoms with Crippen molar-refractivity contribution in [3.8, 4) is 23.0 Å². The van der Waals surface area contributed by atoms with Gasteiger partial charge in [0.05, 0.1) is 11.1 Å². The van der Waals surface area contributed by atoms with E-state index in [4.69, 9.17) is 0 Å². The zero-order valence-corrected chi connectivity index (χ0v) is 25.6. The van der Waals surface area contributed by atoms with Crippen LogP contribution in [0.4, 0.5) is 0 Å². The first-order chi connectivity index (χ1) is 22.0. The molecule has 4 aromatic rings. The lowest BCUT2D eigenvalue weighted by Gasteiger charge is -2.51. The molecule has 0 amide bonds. The molecule has 1 unspecified atom stereocenters. The number of aryl methyl sites for hydroxylation is 2. The molecule has 4 aromatic carbocycles. The summed E-state index contributed by atoms with van der Waals surface area (Å²) >= 11 is 0. The average Bonchev–Trinajstić information content (AvgIpc) is 2.97. The number of rotatable bonds is 2. The number of ketones is 2. The van der Waals surface area contributed by atoms with E-state index in [2.05, 4.69) is 0 Å². The lowest BCUT2D eigenvalue weighted by molar-refractivity contribution is 0.0467. The number of carbonyl (C=O) groups is 4. The molecule has 1 spiro atoms. The number of hydrogen-bond donors (Lipinski definition) is 7. The first-order valence-corrected chi connectivity index (χ1v) is 14.7. The number of benzene rings is 4. The third kappa shape index (κ3) is 3.38. The van der Waals surface area contributed by atoms with Crippen molar-refractivity contribution < 1.29 is 54.9 Å². The van der Waals surface area contributed by atoms with Gasteiger partial charge < -0.3 is 35.7 Å². The molecule has 2 atom stereocenters. The third-order valence-corrected chi connectivity index (χ3v) is 10.4. The minimum Gasteiger partial charge on any atom is -0.507 e. The summed E-state index contributed by atoms with van der Waals surface area (Å²) in [5, 5.41) is 77.0. The highest BCUT2D eigenvalue weighted by atomic mass is 16.4. The summed E-state index contributed by atoms with van der Waals surface area (Å²) in [5.41, 5.74) is -4.16. The molecule has 11 nitrogen and oxygen atoms in total. The van der Waals surface area contributed by atoms with Crippen LogP contribution in [0.25, 0.3) is 0 Å². The number of carboxylic acids is 2. The minimum absolute atomic E-state index is 0.0324. The fourth-order valence-electron chi connectivity index (χ4n) is 8.32. The molecule has 3 aliphatic carbocycles. The molecular formula is C36H28O11. The Morgan fingerprint density at radius 2 is 1.13 bits per heavy atom. The molecule has 0 aromatic heterocycles. The van der Waals surface area contributed by atoms with Crippen molar-refractivity contribution in [2.75, 3.05) is 0 Å². The van der Waals surface area contributed by atoms with Gasteiger partial charge in [-0.1, -0.05) is 18.2 Å². The molecule has 0 heterocycles. The van der Waals surface area contributed by atoms with Crippen LogP contribution >= 0.6 is 0 Å². The van der Waals surface area contributed by atoms with Crippen molar-refractivity contribution in [1.29, 1.82) is 0 Å². The second-order valence-corrected chi connectivity index (χ2v) is 12.7. The topological polar surface area (TPSA) is 210 Å². The van der Waals surface area contributed by atoms with Gasteiger partial charge in [0.25, 0.3) is 0 Å². The predicted octanol–water partition coefficient (Wildman–Crippen LogP) is 4.59. The highest BCUT2D eigenvalue weighted by Gasteiger charge is 2.58. The first kappa shape index (κ1) is 30.0. The summed E-state index contributed by atoms with van der Waals surface area (Å²) in [6, 6.07) is 7.02. The Hall–Kier alpha value is -5.68. The fraction of sp³-hybridized carbons (Fsp3) is 0.222. The highest BCUT2D eigenvalue weighted by Crippen LogP contribution is 2.63. The summed E-state index contributed by atoms with van der Waals surface area (Å²) in [7, 11) is 0. The number of carboxylic acid groups (broad SMARTS) is 2. The van der Waals surface area contributed by atoms with Crippen molar-refractivity contribution in [2.45, 2.75) is 51.6 Å². The second-order valence-electron chi connectivity index (χ2n) is 12.7. The first-order valence-electron chi connectivity index (χ1n) is 14.7. The van der Waals surface area contributed by atoms with Gasteiger partial charge in [-0.25, -0.2) is 9.59 Å². The van der Waals surface area contributed by atoms with Crippen LogP contribution in [0.3, 0.4) is 0 Å². The standard InChI is InChI=1S/C36H28O11/c1-12-5-6-16-26(29(12)39)31(41)22-14(3)24(33(43)44)20(37)10-17(22)35(16)7-8-36(47)18-11-21(38)25(34(45)46)15(4)23(18)32(42)27-28(36)19(35)9-13(2)30(27)40/h5-6,9-11,37-40,47H,7-8H2,1-4H3,(H,43,44)(H,45,46)/t35-,36?/m0/s1. The molecule has 7 N–H and O–H groups in total. The second kappa shape index (κ2) is 9.20. The molecule has 238 valence electrons. The van der Waals surface area contributed by atoms with E-state index in [0.29, 0.717) is 5.56 Å². The molecule has 0 radical (unpaired) electrons. The van der Waals surface area contributed by atoms with Crippen LogP contribution < -0.4 is 0 Å². The average molecular weight is 637 g/mol. The number of hydrogen-bond acceptors (Lipinski definition) is 9. The van der Waals surface area contributed by atoms with Gasteiger partial charge in [-0.2, -0.15) is 0 Å².